The summed E-state index contributed by atoms with van der Waals surface area (Å²) in [6, 6.07) is 0. The van der Waals surface area contributed by atoms with Crippen LogP contribution in [-0.2, 0) is 9.59 Å². The molecule has 114 valence electrons. The molecule has 0 amide bonds. The van der Waals surface area contributed by atoms with Gasteiger partial charge in [0.25, 0.3) is 0 Å². The lowest BCUT2D eigenvalue weighted by Gasteiger charge is -2.41. The zero-order valence-electron chi connectivity index (χ0n) is 13.1. The quantitative estimate of drug-likeness (QED) is 0.554. The topological polar surface area (TPSA) is 37.4 Å². The number of unbranched alkanes of at least 4 members (excludes halogenated alkanes) is 3. The van der Waals surface area contributed by atoms with Gasteiger partial charge in [0, 0.05) is 19.4 Å². The highest BCUT2D eigenvalue weighted by Gasteiger charge is 2.40. The Balaban J connectivity index is 1.84. The highest BCUT2D eigenvalue weighted by atomic mass is 16.1. The maximum atomic E-state index is 12.3. The second kappa shape index (κ2) is 7.35. The molecule has 3 heteroatoms. The fourth-order valence-electron chi connectivity index (χ4n) is 3.84. The van der Waals surface area contributed by atoms with Crippen molar-refractivity contribution in [3.05, 3.63) is 0 Å². The fraction of sp³-hybridized carbons (Fsp3) is 0.882. The van der Waals surface area contributed by atoms with Crippen molar-refractivity contribution in [1.82, 2.24) is 4.90 Å². The third-order valence-electron chi connectivity index (χ3n) is 5.15. The third kappa shape index (κ3) is 3.91. The smallest absolute Gasteiger partial charge is 0.143 e. The van der Waals surface area contributed by atoms with Gasteiger partial charge in [-0.25, -0.2) is 0 Å². The number of hydrogen-bond acceptors (Lipinski definition) is 3. The lowest BCUT2D eigenvalue weighted by atomic mass is 9.69. The number of fused-ring (bicyclic) bond motifs is 1. The molecule has 0 aromatic heterocycles. The van der Waals surface area contributed by atoms with Crippen molar-refractivity contribution in [3.63, 3.8) is 0 Å². The van der Waals surface area contributed by atoms with E-state index in [4.69, 9.17) is 0 Å². The van der Waals surface area contributed by atoms with Crippen molar-refractivity contribution in [2.45, 2.75) is 58.3 Å². The molecule has 2 aliphatic rings. The van der Waals surface area contributed by atoms with Crippen molar-refractivity contribution in [2.24, 2.45) is 17.8 Å². The Morgan fingerprint density at radius 1 is 1.25 bits per heavy atom. The summed E-state index contributed by atoms with van der Waals surface area (Å²) >= 11 is 0. The number of rotatable bonds is 6. The van der Waals surface area contributed by atoms with Crippen molar-refractivity contribution in [1.29, 1.82) is 0 Å². The first kappa shape index (κ1) is 15.7. The molecular formula is C17H29NO2. The second-order valence-electron chi connectivity index (χ2n) is 6.81. The third-order valence-corrected chi connectivity index (χ3v) is 5.15. The van der Waals surface area contributed by atoms with Gasteiger partial charge in [0.15, 0.2) is 0 Å². The Hall–Kier alpha value is -0.700. The maximum absolute atomic E-state index is 12.3. The van der Waals surface area contributed by atoms with E-state index in [-0.39, 0.29) is 17.5 Å². The van der Waals surface area contributed by atoms with E-state index in [1.165, 1.54) is 12.8 Å². The molecule has 1 heterocycles. The van der Waals surface area contributed by atoms with Gasteiger partial charge in [0.05, 0.1) is 5.92 Å². The minimum atomic E-state index is -0.274. The minimum absolute atomic E-state index is 0.220. The molecule has 2 fully saturated rings. The van der Waals surface area contributed by atoms with Crippen LogP contribution >= 0.6 is 0 Å². The zero-order chi connectivity index (χ0) is 14.5. The van der Waals surface area contributed by atoms with Crippen LogP contribution < -0.4 is 0 Å². The molecule has 0 spiro atoms. The molecule has 2 rings (SSSR count). The van der Waals surface area contributed by atoms with Crippen LogP contribution in [0.3, 0.4) is 0 Å². The van der Waals surface area contributed by atoms with Crippen LogP contribution in [0.25, 0.3) is 0 Å². The molecular weight excluding hydrogens is 250 g/mol. The summed E-state index contributed by atoms with van der Waals surface area (Å²) in [5.74, 6) is 1.29. The van der Waals surface area contributed by atoms with Crippen LogP contribution in [0.2, 0.25) is 0 Å². The van der Waals surface area contributed by atoms with E-state index >= 15 is 0 Å². The second-order valence-corrected chi connectivity index (χ2v) is 6.81. The number of Topliss-reactive ketones (excluding diaryl/α,β-unsaturated/α-hetero) is 2. The van der Waals surface area contributed by atoms with E-state index in [1.54, 1.807) is 0 Å². The number of likely N-dealkylation sites (tertiary alicyclic amines) is 1. The SMILES string of the molecule is CCCCCCC(=O)C1C[C@@H]2CN(C)CC[C@H]2CC1=O. The summed E-state index contributed by atoms with van der Waals surface area (Å²) in [4.78, 5) is 26.9. The molecule has 3 atom stereocenters. The molecule has 1 aliphatic carbocycles. The normalized spacial score (nSPS) is 31.1. The first-order chi connectivity index (χ1) is 9.61. The van der Waals surface area contributed by atoms with Crippen LogP contribution in [-0.4, -0.2) is 36.6 Å². The Labute approximate surface area is 123 Å². The van der Waals surface area contributed by atoms with Gasteiger partial charge in [-0.1, -0.05) is 26.2 Å². The van der Waals surface area contributed by atoms with Gasteiger partial charge in [0.2, 0.25) is 0 Å². The van der Waals surface area contributed by atoms with Crippen molar-refractivity contribution >= 4 is 11.6 Å². The van der Waals surface area contributed by atoms with Gasteiger partial charge in [-0.2, -0.15) is 0 Å². The summed E-state index contributed by atoms with van der Waals surface area (Å²) in [5, 5.41) is 0. The Morgan fingerprint density at radius 3 is 2.80 bits per heavy atom. The van der Waals surface area contributed by atoms with E-state index in [2.05, 4.69) is 18.9 Å². The summed E-state index contributed by atoms with van der Waals surface area (Å²) in [6.07, 6.45) is 7.69. The molecule has 0 aromatic rings. The number of carbonyl (C=O) groups excluding carboxylic acids is 2. The highest BCUT2D eigenvalue weighted by molar-refractivity contribution is 6.02. The monoisotopic (exact) mass is 279 g/mol. The maximum Gasteiger partial charge on any atom is 0.143 e. The summed E-state index contributed by atoms with van der Waals surface area (Å²) in [6.45, 7) is 4.34. The van der Waals surface area contributed by atoms with Gasteiger partial charge in [-0.05, 0) is 44.7 Å². The van der Waals surface area contributed by atoms with E-state index in [1.807, 2.05) is 0 Å². The number of nitrogens with zero attached hydrogens (tertiary/aromatic N) is 1. The van der Waals surface area contributed by atoms with E-state index in [0.29, 0.717) is 24.7 Å². The van der Waals surface area contributed by atoms with Gasteiger partial charge < -0.3 is 4.90 Å². The van der Waals surface area contributed by atoms with Gasteiger partial charge >= 0.3 is 0 Å². The number of piperidine rings is 1. The lowest BCUT2D eigenvalue weighted by molar-refractivity contribution is -0.138. The average molecular weight is 279 g/mol. The Kier molecular flexibility index (Phi) is 5.76. The van der Waals surface area contributed by atoms with Crippen LogP contribution in [0.5, 0.6) is 0 Å². The molecule has 0 N–H and O–H groups in total. The molecule has 0 aromatic carbocycles. The first-order valence-corrected chi connectivity index (χ1v) is 8.35. The number of ketones is 2. The zero-order valence-corrected chi connectivity index (χ0v) is 13.1. The van der Waals surface area contributed by atoms with Crippen LogP contribution in [0.1, 0.15) is 58.3 Å². The molecule has 20 heavy (non-hydrogen) atoms. The van der Waals surface area contributed by atoms with Crippen molar-refractivity contribution in [2.75, 3.05) is 20.1 Å². The Morgan fingerprint density at radius 2 is 2.05 bits per heavy atom. The number of carbonyl (C=O) groups is 2. The molecule has 1 saturated heterocycles. The highest BCUT2D eigenvalue weighted by Crippen LogP contribution is 2.37. The van der Waals surface area contributed by atoms with E-state index in [9.17, 15) is 9.59 Å². The van der Waals surface area contributed by atoms with Crippen LogP contribution in [0.4, 0.5) is 0 Å². The van der Waals surface area contributed by atoms with Gasteiger partial charge in [0.1, 0.15) is 11.6 Å². The fourth-order valence-corrected chi connectivity index (χ4v) is 3.84. The minimum Gasteiger partial charge on any atom is -0.306 e. The lowest BCUT2D eigenvalue weighted by Crippen LogP contribution is -2.45. The number of hydrogen-bond donors (Lipinski definition) is 0. The summed E-state index contributed by atoms with van der Waals surface area (Å²) in [7, 11) is 2.15. The Bertz CT molecular complexity index is 353. The van der Waals surface area contributed by atoms with E-state index in [0.717, 1.165) is 38.8 Å². The summed E-state index contributed by atoms with van der Waals surface area (Å²) < 4.78 is 0. The predicted molar refractivity (Wildman–Crippen MR) is 80.6 cm³/mol. The standard InChI is InChI=1S/C17H29NO2/c1-3-4-5-6-7-16(19)15-10-14-12-18(2)9-8-13(14)11-17(15)20/h13-15H,3-12H2,1-2H3/t13-,14+,15?/m0/s1. The molecule has 1 saturated carbocycles. The van der Waals surface area contributed by atoms with Crippen molar-refractivity contribution in [3.8, 4) is 0 Å². The van der Waals surface area contributed by atoms with E-state index < -0.39 is 0 Å². The average Bonchev–Trinajstić information content (AvgIpc) is 2.43. The molecule has 1 aliphatic heterocycles. The van der Waals surface area contributed by atoms with Crippen LogP contribution in [0, 0.1) is 17.8 Å². The first-order valence-electron chi connectivity index (χ1n) is 8.35. The molecule has 0 bridgehead atoms. The van der Waals surface area contributed by atoms with Gasteiger partial charge in [-0.15, -0.1) is 0 Å². The predicted octanol–water partition coefficient (Wildman–Crippen LogP) is 3.07. The summed E-state index contributed by atoms with van der Waals surface area (Å²) in [5.41, 5.74) is 0. The molecule has 0 radical (unpaired) electrons. The molecule has 3 nitrogen and oxygen atoms in total. The molecule has 1 unspecified atom stereocenters. The van der Waals surface area contributed by atoms with Crippen LogP contribution in [0.15, 0.2) is 0 Å². The van der Waals surface area contributed by atoms with Gasteiger partial charge in [-0.3, -0.25) is 9.59 Å². The van der Waals surface area contributed by atoms with Crippen molar-refractivity contribution < 1.29 is 9.59 Å². The largest absolute Gasteiger partial charge is 0.306 e.